The number of carbonyl (C=O) groups is 1. The number of aromatic nitrogens is 1. The highest BCUT2D eigenvalue weighted by atomic mass is 16.4. The first-order valence-electron chi connectivity index (χ1n) is 10.6. The van der Waals surface area contributed by atoms with Gasteiger partial charge in [-0.3, -0.25) is 4.79 Å². The van der Waals surface area contributed by atoms with Crippen molar-refractivity contribution in [2.24, 2.45) is 0 Å². The molecule has 5 rings (SSSR count). The summed E-state index contributed by atoms with van der Waals surface area (Å²) in [6, 6.07) is 20.5. The molecule has 0 spiro atoms. The summed E-state index contributed by atoms with van der Waals surface area (Å²) in [5.41, 5.74) is 2.09. The monoisotopic (exact) mass is 400 g/mol. The lowest BCUT2D eigenvalue weighted by Crippen LogP contribution is -2.51. The fraction of sp³-hybridized carbons (Fsp3) is 0.375. The molecule has 0 saturated carbocycles. The Morgan fingerprint density at radius 2 is 1.80 bits per heavy atom. The minimum Gasteiger partial charge on any atom is -0.423 e. The van der Waals surface area contributed by atoms with Gasteiger partial charge in [0.25, 0.3) is 6.01 Å². The standard InChI is InChI=1S/C24H24N4O2/c25-17-24(18-7-2-1-3-8-18)12-15-27(16-13-24)22(29)20-10-6-14-28(20)23-26-19-9-4-5-11-21(19)30-23/h1-5,7-9,11,20H,6,10,12-16H2. The Labute approximate surface area is 175 Å². The smallest absolute Gasteiger partial charge is 0.299 e. The van der Waals surface area contributed by atoms with Crippen molar-refractivity contribution < 1.29 is 9.21 Å². The Morgan fingerprint density at radius 3 is 2.53 bits per heavy atom. The molecule has 1 atom stereocenters. The van der Waals surface area contributed by atoms with Crippen LogP contribution >= 0.6 is 0 Å². The average molecular weight is 400 g/mol. The Kier molecular flexibility index (Phi) is 4.66. The third kappa shape index (κ3) is 3.11. The first-order valence-corrected chi connectivity index (χ1v) is 10.6. The molecule has 1 amide bonds. The van der Waals surface area contributed by atoms with Gasteiger partial charge in [-0.25, -0.2) is 0 Å². The molecule has 3 aromatic rings. The normalized spacial score (nSPS) is 21.0. The van der Waals surface area contributed by atoms with Gasteiger partial charge in [0.05, 0.1) is 11.5 Å². The van der Waals surface area contributed by atoms with E-state index in [4.69, 9.17) is 4.42 Å². The third-order valence-electron chi connectivity index (χ3n) is 6.54. The number of hydrogen-bond donors (Lipinski definition) is 0. The maximum absolute atomic E-state index is 13.4. The first kappa shape index (κ1) is 18.7. The number of piperidine rings is 1. The molecule has 3 heterocycles. The topological polar surface area (TPSA) is 73.4 Å². The second-order valence-corrected chi connectivity index (χ2v) is 8.20. The van der Waals surface area contributed by atoms with E-state index < -0.39 is 5.41 Å². The highest BCUT2D eigenvalue weighted by Crippen LogP contribution is 2.36. The molecule has 0 radical (unpaired) electrons. The number of anilines is 1. The maximum atomic E-state index is 13.4. The first-order chi connectivity index (χ1) is 14.7. The van der Waals surface area contributed by atoms with Crippen molar-refractivity contribution in [3.63, 3.8) is 0 Å². The summed E-state index contributed by atoms with van der Waals surface area (Å²) < 4.78 is 5.93. The summed E-state index contributed by atoms with van der Waals surface area (Å²) in [4.78, 5) is 21.9. The molecule has 2 saturated heterocycles. The number of likely N-dealkylation sites (tertiary alicyclic amines) is 1. The Bertz CT molecular complexity index is 1060. The quantitative estimate of drug-likeness (QED) is 0.667. The van der Waals surface area contributed by atoms with Crippen molar-refractivity contribution >= 4 is 23.0 Å². The molecule has 0 bridgehead atoms. The fourth-order valence-electron chi connectivity index (χ4n) is 4.78. The van der Waals surface area contributed by atoms with Crippen LogP contribution in [0.25, 0.3) is 11.1 Å². The molecule has 152 valence electrons. The molecule has 2 aliphatic heterocycles. The summed E-state index contributed by atoms with van der Waals surface area (Å²) in [5, 5.41) is 9.91. The van der Waals surface area contributed by atoms with Gasteiger partial charge in [-0.2, -0.15) is 10.2 Å². The van der Waals surface area contributed by atoms with Crippen molar-refractivity contribution in [2.45, 2.75) is 37.1 Å². The number of rotatable bonds is 3. The molecule has 1 aromatic heterocycles. The van der Waals surface area contributed by atoms with E-state index in [-0.39, 0.29) is 11.9 Å². The lowest BCUT2D eigenvalue weighted by atomic mass is 9.74. The molecule has 2 aromatic carbocycles. The number of nitriles is 1. The molecule has 2 aliphatic rings. The van der Waals surface area contributed by atoms with E-state index >= 15 is 0 Å². The second-order valence-electron chi connectivity index (χ2n) is 8.20. The van der Waals surface area contributed by atoms with E-state index in [9.17, 15) is 10.1 Å². The van der Waals surface area contributed by atoms with Gasteiger partial charge >= 0.3 is 0 Å². The number of hydrogen-bond acceptors (Lipinski definition) is 5. The van der Waals surface area contributed by atoms with E-state index in [1.165, 1.54) is 0 Å². The van der Waals surface area contributed by atoms with Crippen LogP contribution in [-0.2, 0) is 10.2 Å². The van der Waals surface area contributed by atoms with Crippen LogP contribution in [0, 0.1) is 11.3 Å². The molecule has 30 heavy (non-hydrogen) atoms. The predicted octanol–water partition coefficient (Wildman–Crippen LogP) is 3.88. The van der Waals surface area contributed by atoms with Gasteiger partial charge in [0, 0.05) is 19.6 Å². The molecule has 0 N–H and O–H groups in total. The van der Waals surface area contributed by atoms with Crippen LogP contribution in [0.1, 0.15) is 31.2 Å². The molecule has 1 unspecified atom stereocenters. The van der Waals surface area contributed by atoms with E-state index in [1.54, 1.807) is 0 Å². The summed E-state index contributed by atoms with van der Waals surface area (Å²) >= 11 is 0. The number of fused-ring (bicyclic) bond motifs is 1. The van der Waals surface area contributed by atoms with Crippen LogP contribution in [0.15, 0.2) is 59.0 Å². The highest BCUT2D eigenvalue weighted by molar-refractivity contribution is 5.86. The summed E-state index contributed by atoms with van der Waals surface area (Å²) in [5.74, 6) is 0.120. The van der Waals surface area contributed by atoms with Crippen LogP contribution in [0.2, 0.25) is 0 Å². The van der Waals surface area contributed by atoms with Crippen molar-refractivity contribution in [2.75, 3.05) is 24.5 Å². The zero-order valence-electron chi connectivity index (χ0n) is 16.8. The van der Waals surface area contributed by atoms with Crippen molar-refractivity contribution in [3.05, 3.63) is 60.2 Å². The Morgan fingerprint density at radius 1 is 1.07 bits per heavy atom. The average Bonchev–Trinajstić information content (AvgIpc) is 3.46. The predicted molar refractivity (Wildman–Crippen MR) is 114 cm³/mol. The molecule has 2 fully saturated rings. The molecule has 0 aliphatic carbocycles. The Balaban J connectivity index is 1.32. The van der Waals surface area contributed by atoms with Crippen molar-refractivity contribution in [1.29, 1.82) is 5.26 Å². The van der Waals surface area contributed by atoms with E-state index in [1.807, 2.05) is 64.4 Å². The van der Waals surface area contributed by atoms with Gasteiger partial charge in [0.2, 0.25) is 5.91 Å². The summed E-state index contributed by atoms with van der Waals surface area (Å²) in [7, 11) is 0. The summed E-state index contributed by atoms with van der Waals surface area (Å²) in [6.45, 7) is 1.96. The zero-order chi connectivity index (χ0) is 20.6. The van der Waals surface area contributed by atoms with Gasteiger partial charge in [0.15, 0.2) is 5.58 Å². The number of benzene rings is 2. The maximum Gasteiger partial charge on any atom is 0.299 e. The lowest BCUT2D eigenvalue weighted by molar-refractivity contribution is -0.133. The highest BCUT2D eigenvalue weighted by Gasteiger charge is 2.41. The Hall–Kier alpha value is -3.33. The number of amides is 1. The van der Waals surface area contributed by atoms with Gasteiger partial charge in [-0.1, -0.05) is 42.5 Å². The largest absolute Gasteiger partial charge is 0.423 e. The van der Waals surface area contributed by atoms with Crippen LogP contribution in [0.5, 0.6) is 0 Å². The minimum atomic E-state index is -0.506. The SMILES string of the molecule is N#CC1(c2ccccc2)CCN(C(=O)C2CCCN2c2nc3ccccc3o2)CC1. The zero-order valence-corrected chi connectivity index (χ0v) is 16.8. The number of carbonyl (C=O) groups excluding carboxylic acids is 1. The van der Waals surface area contributed by atoms with Crippen molar-refractivity contribution in [3.8, 4) is 6.07 Å². The van der Waals surface area contributed by atoms with Crippen LogP contribution < -0.4 is 4.90 Å². The number of oxazole rings is 1. The van der Waals surface area contributed by atoms with E-state index in [2.05, 4.69) is 11.1 Å². The number of nitrogens with zero attached hydrogens (tertiary/aromatic N) is 4. The molecular formula is C24H24N4O2. The van der Waals surface area contributed by atoms with Gasteiger partial charge in [-0.05, 0) is 43.4 Å². The third-order valence-corrected chi connectivity index (χ3v) is 6.54. The molecular weight excluding hydrogens is 376 g/mol. The molecule has 6 nitrogen and oxygen atoms in total. The fourth-order valence-corrected chi connectivity index (χ4v) is 4.78. The summed E-state index contributed by atoms with van der Waals surface area (Å²) in [6.07, 6.45) is 3.06. The van der Waals surface area contributed by atoms with Crippen molar-refractivity contribution in [1.82, 2.24) is 9.88 Å². The van der Waals surface area contributed by atoms with Gasteiger partial charge in [0.1, 0.15) is 11.6 Å². The van der Waals surface area contributed by atoms with Crippen LogP contribution in [0.3, 0.4) is 0 Å². The van der Waals surface area contributed by atoms with E-state index in [0.717, 1.165) is 36.0 Å². The van der Waals surface area contributed by atoms with Crippen LogP contribution in [0.4, 0.5) is 6.01 Å². The van der Waals surface area contributed by atoms with Gasteiger partial charge in [-0.15, -0.1) is 0 Å². The molecule has 6 heteroatoms. The second kappa shape index (κ2) is 7.49. The number of para-hydroxylation sites is 2. The lowest BCUT2D eigenvalue weighted by Gasteiger charge is -2.39. The van der Waals surface area contributed by atoms with E-state index in [0.29, 0.717) is 31.9 Å². The minimum absolute atomic E-state index is 0.120. The van der Waals surface area contributed by atoms with Crippen LogP contribution in [-0.4, -0.2) is 41.5 Å². The van der Waals surface area contributed by atoms with Gasteiger partial charge < -0.3 is 14.2 Å².